The normalized spacial score (nSPS) is 23.0. The molecule has 1 aliphatic carbocycles. The van der Waals surface area contributed by atoms with Crippen molar-refractivity contribution in [3.8, 4) is 0 Å². The molecule has 1 aromatic rings. The van der Waals surface area contributed by atoms with E-state index >= 15 is 0 Å². The minimum atomic E-state index is -2.38. The van der Waals surface area contributed by atoms with Crippen LogP contribution in [0.1, 0.15) is 49.7 Å². The van der Waals surface area contributed by atoms with Crippen LogP contribution >= 0.6 is 0 Å². The van der Waals surface area contributed by atoms with Gasteiger partial charge in [0.2, 0.25) is 0 Å². The van der Waals surface area contributed by atoms with E-state index in [-0.39, 0.29) is 5.56 Å². The fraction of sp³-hybridized carbons (Fsp3) is 0.647. The molecule has 0 amide bonds. The zero-order chi connectivity index (χ0) is 14.7. The Morgan fingerprint density at radius 2 is 2.05 bits per heavy atom. The van der Waals surface area contributed by atoms with Gasteiger partial charge in [-0.2, -0.15) is 0 Å². The van der Waals surface area contributed by atoms with Gasteiger partial charge in [-0.25, -0.2) is 8.78 Å². The smallest absolute Gasteiger partial charge is 0.263 e. The molecule has 3 rings (SSSR count). The Bertz CT molecular complexity index is 454. The molecule has 2 nitrogen and oxygen atoms in total. The molecule has 0 radical (unpaired) electrons. The van der Waals surface area contributed by atoms with Crippen molar-refractivity contribution in [1.29, 1.82) is 0 Å². The highest BCUT2D eigenvalue weighted by Gasteiger charge is 2.30. The first-order chi connectivity index (χ1) is 10.2. The second-order valence-electron chi connectivity index (χ2n) is 6.35. The van der Waals surface area contributed by atoms with Crippen LogP contribution in [0, 0.1) is 0 Å². The predicted octanol–water partition coefficient (Wildman–Crippen LogP) is 3.73. The Hall–Kier alpha value is -1.00. The molecule has 0 bridgehead atoms. The van der Waals surface area contributed by atoms with Gasteiger partial charge >= 0.3 is 0 Å². The van der Waals surface area contributed by atoms with Crippen molar-refractivity contribution in [3.05, 3.63) is 35.4 Å². The van der Waals surface area contributed by atoms with E-state index in [0.29, 0.717) is 12.1 Å². The van der Waals surface area contributed by atoms with Crippen LogP contribution in [-0.2, 0) is 6.54 Å². The van der Waals surface area contributed by atoms with Crippen molar-refractivity contribution in [2.24, 2.45) is 0 Å². The highest BCUT2D eigenvalue weighted by Crippen LogP contribution is 2.30. The minimum absolute atomic E-state index is 0.138. The third kappa shape index (κ3) is 4.24. The summed E-state index contributed by atoms with van der Waals surface area (Å²) in [5.41, 5.74) is 1.15. The van der Waals surface area contributed by atoms with E-state index in [1.807, 2.05) is 6.07 Å². The van der Waals surface area contributed by atoms with Gasteiger partial charge in [-0.05, 0) is 43.9 Å². The summed E-state index contributed by atoms with van der Waals surface area (Å²) in [6.07, 6.45) is 3.94. The van der Waals surface area contributed by atoms with Crippen LogP contribution in [0.2, 0.25) is 0 Å². The molecule has 2 aliphatic rings. The molecular weight excluding hydrogens is 270 g/mol. The number of hydrogen-bond acceptors (Lipinski definition) is 2. The van der Waals surface area contributed by atoms with Crippen molar-refractivity contribution in [2.75, 3.05) is 13.1 Å². The van der Waals surface area contributed by atoms with Gasteiger partial charge in [0, 0.05) is 30.7 Å². The predicted molar refractivity (Wildman–Crippen MR) is 80.5 cm³/mol. The van der Waals surface area contributed by atoms with E-state index in [2.05, 4.69) is 10.2 Å². The Morgan fingerprint density at radius 3 is 2.71 bits per heavy atom. The van der Waals surface area contributed by atoms with Crippen molar-refractivity contribution in [3.63, 3.8) is 0 Å². The molecule has 21 heavy (non-hydrogen) atoms. The Kier molecular flexibility index (Phi) is 4.86. The largest absolute Gasteiger partial charge is 0.313 e. The monoisotopic (exact) mass is 294 g/mol. The summed E-state index contributed by atoms with van der Waals surface area (Å²) in [5, 5.41) is 3.59. The lowest BCUT2D eigenvalue weighted by Gasteiger charge is -2.30. The zero-order valence-corrected chi connectivity index (χ0v) is 12.4. The number of nitrogens with zero attached hydrogens (tertiary/aromatic N) is 1. The van der Waals surface area contributed by atoms with Crippen LogP contribution in [0.3, 0.4) is 0 Å². The summed E-state index contributed by atoms with van der Waals surface area (Å²) in [6.45, 7) is 2.96. The van der Waals surface area contributed by atoms with E-state index in [1.54, 1.807) is 12.1 Å². The van der Waals surface area contributed by atoms with Crippen LogP contribution in [0.15, 0.2) is 24.3 Å². The Morgan fingerprint density at radius 1 is 1.19 bits per heavy atom. The summed E-state index contributed by atoms with van der Waals surface area (Å²) < 4.78 is 25.6. The van der Waals surface area contributed by atoms with Crippen molar-refractivity contribution in [2.45, 2.75) is 57.2 Å². The SMILES string of the molecule is FC(F)c1cccc(CN(CC2CCCCN2)C2CC2)c1. The van der Waals surface area contributed by atoms with Crippen LogP contribution in [0.25, 0.3) is 0 Å². The van der Waals surface area contributed by atoms with E-state index in [1.165, 1.54) is 38.2 Å². The lowest BCUT2D eigenvalue weighted by molar-refractivity contribution is 0.151. The molecule has 1 saturated carbocycles. The van der Waals surface area contributed by atoms with E-state index < -0.39 is 6.43 Å². The molecule has 1 atom stereocenters. The summed E-state index contributed by atoms with van der Waals surface area (Å²) in [4.78, 5) is 2.48. The van der Waals surface area contributed by atoms with E-state index in [4.69, 9.17) is 0 Å². The van der Waals surface area contributed by atoms with Gasteiger partial charge in [0.25, 0.3) is 6.43 Å². The average Bonchev–Trinajstić information content (AvgIpc) is 3.33. The van der Waals surface area contributed by atoms with Gasteiger partial charge in [-0.1, -0.05) is 24.6 Å². The summed E-state index contributed by atoms with van der Waals surface area (Å²) in [5.74, 6) is 0. The summed E-state index contributed by atoms with van der Waals surface area (Å²) in [7, 11) is 0. The molecule has 1 unspecified atom stereocenters. The summed E-state index contributed by atoms with van der Waals surface area (Å²) >= 11 is 0. The van der Waals surface area contributed by atoms with Gasteiger partial charge in [-0.15, -0.1) is 0 Å². The lowest BCUT2D eigenvalue weighted by atomic mass is 10.0. The maximum Gasteiger partial charge on any atom is 0.263 e. The quantitative estimate of drug-likeness (QED) is 0.860. The van der Waals surface area contributed by atoms with Crippen LogP contribution in [0.4, 0.5) is 8.78 Å². The molecule has 4 heteroatoms. The van der Waals surface area contributed by atoms with Gasteiger partial charge in [0.1, 0.15) is 0 Å². The first kappa shape index (κ1) is 14.9. The van der Waals surface area contributed by atoms with Gasteiger partial charge in [0.15, 0.2) is 0 Å². The summed E-state index contributed by atoms with van der Waals surface area (Å²) in [6, 6.07) is 8.12. The van der Waals surface area contributed by atoms with Crippen molar-refractivity contribution < 1.29 is 8.78 Å². The Labute approximate surface area is 125 Å². The maximum atomic E-state index is 12.8. The first-order valence-corrected chi connectivity index (χ1v) is 8.07. The van der Waals surface area contributed by atoms with E-state index in [9.17, 15) is 8.78 Å². The van der Waals surface area contributed by atoms with Crippen LogP contribution in [-0.4, -0.2) is 30.1 Å². The topological polar surface area (TPSA) is 15.3 Å². The van der Waals surface area contributed by atoms with Crippen LogP contribution < -0.4 is 5.32 Å². The number of benzene rings is 1. The third-order valence-corrected chi connectivity index (χ3v) is 4.52. The molecule has 1 saturated heterocycles. The molecule has 1 N–H and O–H groups in total. The highest BCUT2D eigenvalue weighted by atomic mass is 19.3. The van der Waals surface area contributed by atoms with Gasteiger partial charge < -0.3 is 5.32 Å². The Balaban J connectivity index is 1.63. The molecule has 2 fully saturated rings. The molecule has 1 aliphatic heterocycles. The number of nitrogens with one attached hydrogen (secondary N) is 1. The number of alkyl halides is 2. The van der Waals surface area contributed by atoms with Crippen molar-refractivity contribution in [1.82, 2.24) is 10.2 Å². The standard InChI is InChI=1S/C17H24F2N2/c18-17(19)14-5-3-4-13(10-14)11-21(16-7-8-16)12-15-6-1-2-9-20-15/h3-5,10,15-17,20H,1-2,6-9,11-12H2. The number of rotatable bonds is 6. The van der Waals surface area contributed by atoms with Crippen molar-refractivity contribution >= 4 is 0 Å². The van der Waals surface area contributed by atoms with Crippen LogP contribution in [0.5, 0.6) is 0 Å². The fourth-order valence-electron chi connectivity index (χ4n) is 3.21. The highest BCUT2D eigenvalue weighted by molar-refractivity contribution is 5.24. The molecular formula is C17H24F2N2. The second-order valence-corrected chi connectivity index (χ2v) is 6.35. The number of hydrogen-bond donors (Lipinski definition) is 1. The maximum absolute atomic E-state index is 12.8. The average molecular weight is 294 g/mol. The van der Waals surface area contributed by atoms with Gasteiger partial charge in [0.05, 0.1) is 0 Å². The fourth-order valence-corrected chi connectivity index (χ4v) is 3.21. The molecule has 0 spiro atoms. The minimum Gasteiger partial charge on any atom is -0.313 e. The zero-order valence-electron chi connectivity index (χ0n) is 12.4. The third-order valence-electron chi connectivity index (χ3n) is 4.52. The lowest BCUT2D eigenvalue weighted by Crippen LogP contribution is -2.44. The molecule has 1 heterocycles. The second kappa shape index (κ2) is 6.84. The number of halogens is 2. The van der Waals surface area contributed by atoms with Gasteiger partial charge in [-0.3, -0.25) is 4.90 Å². The molecule has 116 valence electrons. The molecule has 0 aromatic heterocycles. The van der Waals surface area contributed by atoms with E-state index in [0.717, 1.165) is 25.2 Å². The molecule has 1 aromatic carbocycles. The number of piperidine rings is 1. The first-order valence-electron chi connectivity index (χ1n) is 8.07.